The number of aryl methyl sites for hydroxylation is 1. The number of carbonyl (C=O) groups excluding carboxylic acids is 3. The second-order valence-corrected chi connectivity index (χ2v) is 22.7. The second kappa shape index (κ2) is 19.0. The van der Waals surface area contributed by atoms with Gasteiger partial charge < -0.3 is 44.0 Å². The lowest BCUT2D eigenvalue weighted by molar-refractivity contribution is -0.147. The molecule has 0 aliphatic rings. The zero-order valence-corrected chi connectivity index (χ0v) is 36.4. The van der Waals surface area contributed by atoms with Gasteiger partial charge in [-0.2, -0.15) is 5.10 Å². The van der Waals surface area contributed by atoms with Crippen LogP contribution in [0.25, 0.3) is 11.3 Å². The van der Waals surface area contributed by atoms with E-state index < -0.39 is 55.5 Å². The van der Waals surface area contributed by atoms with E-state index >= 15 is 0 Å². The number of benzene rings is 1. The van der Waals surface area contributed by atoms with Gasteiger partial charge in [-0.1, -0.05) is 20.8 Å². The van der Waals surface area contributed by atoms with Gasteiger partial charge in [0.1, 0.15) is 29.2 Å². The fraction of sp³-hybridized carbons (Fsp3) is 0.667. The van der Waals surface area contributed by atoms with Crippen molar-refractivity contribution >= 4 is 32.6 Å². The van der Waals surface area contributed by atoms with Crippen LogP contribution in [0.1, 0.15) is 95.2 Å². The molecular weight excluding hydrogens is 727 g/mol. The van der Waals surface area contributed by atoms with Crippen molar-refractivity contribution in [1.82, 2.24) is 25.3 Å². The van der Waals surface area contributed by atoms with Crippen LogP contribution >= 0.6 is 0 Å². The first kappa shape index (κ1) is 46.8. The van der Waals surface area contributed by atoms with E-state index in [0.717, 1.165) is 5.56 Å². The Kier molecular flexibility index (Phi) is 16.2. The number of carboxylic acids is 1. The van der Waals surface area contributed by atoms with Gasteiger partial charge in [0, 0.05) is 31.7 Å². The number of hydrogen-bond acceptors (Lipinski definition) is 10. The van der Waals surface area contributed by atoms with Gasteiger partial charge >= 0.3 is 24.2 Å². The number of nitrogens with zero attached hydrogens (tertiary/aromatic N) is 3. The molecule has 15 nitrogen and oxygen atoms in total. The molecule has 1 atom stereocenters. The number of alkyl carbamates (subject to hydrolysis) is 2. The Morgan fingerprint density at radius 1 is 0.818 bits per heavy atom. The summed E-state index contributed by atoms with van der Waals surface area (Å²) in [5.74, 6) is -0.614. The third-order valence-electron chi connectivity index (χ3n) is 8.20. The predicted octanol–water partition coefficient (Wildman–Crippen LogP) is 7.58. The van der Waals surface area contributed by atoms with Gasteiger partial charge in [-0.3, -0.25) is 4.68 Å². The number of nitrogens with one attached hydrogen (secondary N) is 2. The number of hydrogen-bond donors (Lipinski definition) is 3. The van der Waals surface area contributed by atoms with Crippen LogP contribution in [0.15, 0.2) is 30.3 Å². The molecule has 310 valence electrons. The Morgan fingerprint density at radius 3 is 1.84 bits per heavy atom. The summed E-state index contributed by atoms with van der Waals surface area (Å²) in [7, 11) is -2.36. The normalized spacial score (nSPS) is 13.1. The molecule has 16 heteroatoms. The van der Waals surface area contributed by atoms with Crippen molar-refractivity contribution in [3.8, 4) is 17.0 Å². The SMILES string of the molecule is CC(C)(C)OC(=O)NCCCn1nc(-c2ccc(OC[C@@H](O[Si](C)(C)C(C)(C)C)C(=O)O)cc2)cc1CN(CCNC(=O)OC(C)(C)C)C(=O)OC(C)(C)C. The minimum Gasteiger partial charge on any atom is -0.490 e. The molecule has 1 heterocycles. The van der Waals surface area contributed by atoms with E-state index in [2.05, 4.69) is 10.6 Å². The molecule has 0 unspecified atom stereocenters. The fourth-order valence-corrected chi connectivity index (χ4v) is 5.83. The average Bonchev–Trinajstić information content (AvgIpc) is 3.40. The number of carbonyl (C=O) groups is 4. The van der Waals surface area contributed by atoms with Crippen molar-refractivity contribution in [2.75, 3.05) is 26.2 Å². The highest BCUT2D eigenvalue weighted by Gasteiger charge is 2.41. The van der Waals surface area contributed by atoms with Crippen LogP contribution < -0.4 is 15.4 Å². The lowest BCUT2D eigenvalue weighted by Gasteiger charge is -2.38. The molecular formula is C39H65N5O10Si. The van der Waals surface area contributed by atoms with Crippen LogP contribution in [0.5, 0.6) is 5.75 Å². The van der Waals surface area contributed by atoms with Gasteiger partial charge in [-0.15, -0.1) is 0 Å². The highest BCUT2D eigenvalue weighted by Crippen LogP contribution is 2.37. The van der Waals surface area contributed by atoms with Gasteiger partial charge in [-0.25, -0.2) is 19.2 Å². The Balaban J connectivity index is 2.34. The molecule has 2 rings (SSSR count). The van der Waals surface area contributed by atoms with E-state index in [9.17, 15) is 24.3 Å². The first-order valence-electron chi connectivity index (χ1n) is 18.7. The lowest BCUT2D eigenvalue weighted by atomic mass is 10.1. The van der Waals surface area contributed by atoms with E-state index in [0.29, 0.717) is 36.6 Å². The molecule has 2 aromatic rings. The van der Waals surface area contributed by atoms with Crippen molar-refractivity contribution in [1.29, 1.82) is 0 Å². The summed E-state index contributed by atoms with van der Waals surface area (Å²) in [4.78, 5) is 51.5. The Hall–Kier alpha value is -4.31. The smallest absolute Gasteiger partial charge is 0.410 e. The molecule has 3 N–H and O–H groups in total. The maximum atomic E-state index is 13.4. The minimum absolute atomic E-state index is 0.101. The van der Waals surface area contributed by atoms with Gasteiger partial charge in [0.25, 0.3) is 0 Å². The van der Waals surface area contributed by atoms with Crippen molar-refractivity contribution in [3.05, 3.63) is 36.0 Å². The molecule has 0 saturated carbocycles. The molecule has 0 spiro atoms. The highest BCUT2D eigenvalue weighted by molar-refractivity contribution is 6.74. The third-order valence-corrected chi connectivity index (χ3v) is 12.7. The Morgan fingerprint density at radius 2 is 1.35 bits per heavy atom. The number of rotatable bonds is 16. The molecule has 0 saturated heterocycles. The molecule has 3 amide bonds. The summed E-state index contributed by atoms with van der Waals surface area (Å²) in [5, 5.41) is 20.0. The number of amides is 3. The first-order valence-corrected chi connectivity index (χ1v) is 21.6. The number of aliphatic carboxylic acids is 1. The first-order chi connectivity index (χ1) is 25.0. The molecule has 0 aliphatic heterocycles. The van der Waals surface area contributed by atoms with E-state index in [1.54, 1.807) is 79.1 Å². The van der Waals surface area contributed by atoms with E-state index in [-0.39, 0.29) is 31.3 Å². The number of carboxylic acid groups (broad SMARTS) is 1. The molecule has 55 heavy (non-hydrogen) atoms. The molecule has 0 aliphatic carbocycles. The summed E-state index contributed by atoms with van der Waals surface area (Å²) >= 11 is 0. The Labute approximate surface area is 327 Å². The molecule has 0 radical (unpaired) electrons. The predicted molar refractivity (Wildman–Crippen MR) is 213 cm³/mol. The summed E-state index contributed by atoms with van der Waals surface area (Å²) in [6.07, 6.45) is -2.30. The average molecular weight is 792 g/mol. The van der Waals surface area contributed by atoms with E-state index in [1.165, 1.54) is 4.90 Å². The van der Waals surface area contributed by atoms with Crippen LogP contribution in [-0.2, 0) is 36.5 Å². The van der Waals surface area contributed by atoms with Crippen molar-refractivity contribution in [3.63, 3.8) is 0 Å². The monoisotopic (exact) mass is 791 g/mol. The summed E-state index contributed by atoms with van der Waals surface area (Å²) < 4.78 is 30.2. The van der Waals surface area contributed by atoms with E-state index in [4.69, 9.17) is 28.5 Å². The van der Waals surface area contributed by atoms with Crippen LogP contribution in [0.2, 0.25) is 18.1 Å². The third kappa shape index (κ3) is 17.4. The van der Waals surface area contributed by atoms with Crippen LogP contribution in [0.4, 0.5) is 14.4 Å². The molecule has 0 fully saturated rings. The number of ether oxygens (including phenoxy) is 4. The van der Waals surface area contributed by atoms with Gasteiger partial charge in [0.15, 0.2) is 14.4 Å². The number of aromatic nitrogens is 2. The standard InChI is InChI=1S/C39H65N5O10Si/c1-36(2,3)51-33(47)40-20-15-22-44-28(25-43(35(49)53-38(7,8)9)23-21-41-34(48)52-37(4,5)6)24-30(42-44)27-16-18-29(19-17-27)50-26-31(32(45)46)54-55(13,14)39(10,11)12/h16-19,24,31H,15,20-23,25-26H2,1-14H3,(H,40,47)(H,41,48)(H,45,46)/t31-/m1/s1. The van der Waals surface area contributed by atoms with Gasteiger partial charge in [-0.05, 0) is 117 Å². The fourth-order valence-electron chi connectivity index (χ4n) is 4.60. The Bertz CT molecular complexity index is 1580. The topological polar surface area (TPSA) is 180 Å². The maximum absolute atomic E-state index is 13.4. The van der Waals surface area contributed by atoms with Crippen molar-refractivity contribution < 1.29 is 47.7 Å². The second-order valence-electron chi connectivity index (χ2n) is 17.9. The maximum Gasteiger partial charge on any atom is 0.410 e. The van der Waals surface area contributed by atoms with Crippen molar-refractivity contribution in [2.45, 2.75) is 144 Å². The van der Waals surface area contributed by atoms with Crippen LogP contribution in [-0.4, -0.2) is 102 Å². The molecule has 0 bridgehead atoms. The molecule has 1 aromatic heterocycles. The van der Waals surface area contributed by atoms with Gasteiger partial charge in [0.2, 0.25) is 0 Å². The quantitative estimate of drug-likeness (QED) is 0.0867. The van der Waals surface area contributed by atoms with Crippen LogP contribution in [0, 0.1) is 0 Å². The lowest BCUT2D eigenvalue weighted by Crippen LogP contribution is -2.47. The summed E-state index contributed by atoms with van der Waals surface area (Å²) in [6.45, 7) is 27.0. The van der Waals surface area contributed by atoms with Gasteiger partial charge in [0.05, 0.1) is 17.9 Å². The summed E-state index contributed by atoms with van der Waals surface area (Å²) in [6, 6.07) is 8.97. The zero-order valence-electron chi connectivity index (χ0n) is 35.4. The molecule has 1 aromatic carbocycles. The van der Waals surface area contributed by atoms with Crippen molar-refractivity contribution in [2.24, 2.45) is 0 Å². The summed E-state index contributed by atoms with van der Waals surface area (Å²) in [5.41, 5.74) is -0.0282. The van der Waals surface area contributed by atoms with Crippen LogP contribution in [0.3, 0.4) is 0 Å². The zero-order chi connectivity index (χ0) is 42.0. The largest absolute Gasteiger partial charge is 0.490 e. The van der Waals surface area contributed by atoms with E-state index in [1.807, 2.05) is 52.1 Å². The minimum atomic E-state index is -2.36. The highest BCUT2D eigenvalue weighted by atomic mass is 28.4.